The van der Waals surface area contributed by atoms with Gasteiger partial charge < -0.3 is 9.67 Å². The van der Waals surface area contributed by atoms with Gasteiger partial charge >= 0.3 is 5.97 Å². The number of fused-ring (bicyclic) bond motifs is 1. The van der Waals surface area contributed by atoms with Crippen LogP contribution in [0.25, 0.3) is 10.9 Å². The van der Waals surface area contributed by atoms with E-state index in [9.17, 15) is 14.7 Å². The molecule has 0 saturated heterocycles. The number of hydrogen-bond acceptors (Lipinski definition) is 2. The Hall–Kier alpha value is -2.10. The Balaban J connectivity index is 3.02. The summed E-state index contributed by atoms with van der Waals surface area (Å²) in [5.41, 5.74) is 1.32. The van der Waals surface area contributed by atoms with Crippen molar-refractivity contribution in [2.75, 3.05) is 0 Å². The van der Waals surface area contributed by atoms with Gasteiger partial charge in [0.1, 0.15) is 5.56 Å². The van der Waals surface area contributed by atoms with Crippen LogP contribution in [0.5, 0.6) is 0 Å². The standard InChI is InChI=1S/C16H19NO3/c1-9(2)11-6-5-7-12-14(11)17(10(3)4)8-13(15(12)18)16(19)20/h5-10H,1-4H3,(H,19,20). The maximum absolute atomic E-state index is 12.3. The molecule has 1 N–H and O–H groups in total. The Morgan fingerprint density at radius 2 is 1.85 bits per heavy atom. The monoisotopic (exact) mass is 273 g/mol. The van der Waals surface area contributed by atoms with Crippen molar-refractivity contribution in [2.24, 2.45) is 0 Å². The lowest BCUT2D eigenvalue weighted by Gasteiger charge is -2.20. The summed E-state index contributed by atoms with van der Waals surface area (Å²) in [6.45, 7) is 8.09. The van der Waals surface area contributed by atoms with Crippen LogP contribution < -0.4 is 5.43 Å². The van der Waals surface area contributed by atoms with Gasteiger partial charge in [0.05, 0.1) is 5.52 Å². The second-order valence-electron chi connectivity index (χ2n) is 5.58. The van der Waals surface area contributed by atoms with Crippen molar-refractivity contribution in [3.05, 3.63) is 45.7 Å². The predicted molar refractivity (Wildman–Crippen MR) is 79.6 cm³/mol. The minimum Gasteiger partial charge on any atom is -0.477 e. The largest absolute Gasteiger partial charge is 0.477 e. The summed E-state index contributed by atoms with van der Waals surface area (Å²) < 4.78 is 1.88. The maximum Gasteiger partial charge on any atom is 0.341 e. The number of carboxylic acids is 1. The van der Waals surface area contributed by atoms with E-state index in [-0.39, 0.29) is 17.5 Å². The molecule has 1 heterocycles. The number of aromatic carboxylic acids is 1. The fourth-order valence-electron chi connectivity index (χ4n) is 2.47. The zero-order valence-corrected chi connectivity index (χ0v) is 12.2. The van der Waals surface area contributed by atoms with Crippen molar-refractivity contribution < 1.29 is 9.90 Å². The number of para-hydroxylation sites is 1. The van der Waals surface area contributed by atoms with Crippen molar-refractivity contribution in [1.82, 2.24) is 4.57 Å². The summed E-state index contributed by atoms with van der Waals surface area (Å²) in [5, 5.41) is 9.67. The van der Waals surface area contributed by atoms with E-state index in [4.69, 9.17) is 0 Å². The molecule has 0 spiro atoms. The van der Waals surface area contributed by atoms with Crippen LogP contribution >= 0.6 is 0 Å². The van der Waals surface area contributed by atoms with Gasteiger partial charge in [0.2, 0.25) is 5.43 Å². The van der Waals surface area contributed by atoms with Gasteiger partial charge in [0, 0.05) is 17.6 Å². The normalized spacial score (nSPS) is 11.5. The molecule has 106 valence electrons. The predicted octanol–water partition coefficient (Wildman–Crippen LogP) is 3.40. The molecule has 0 aliphatic rings. The van der Waals surface area contributed by atoms with E-state index in [1.165, 1.54) is 6.20 Å². The van der Waals surface area contributed by atoms with Gasteiger partial charge in [-0.25, -0.2) is 4.79 Å². The molecule has 0 fully saturated rings. The van der Waals surface area contributed by atoms with Crippen LogP contribution in [0.4, 0.5) is 0 Å². The first kappa shape index (κ1) is 14.3. The lowest BCUT2D eigenvalue weighted by atomic mass is 9.98. The summed E-state index contributed by atoms with van der Waals surface area (Å²) >= 11 is 0. The molecule has 0 amide bonds. The average molecular weight is 273 g/mol. The van der Waals surface area contributed by atoms with Gasteiger partial charge in [-0.3, -0.25) is 4.79 Å². The summed E-state index contributed by atoms with van der Waals surface area (Å²) in [6, 6.07) is 5.59. The second kappa shape index (κ2) is 5.12. The Kier molecular flexibility index (Phi) is 3.66. The molecule has 2 aromatic rings. The number of aromatic nitrogens is 1. The lowest BCUT2D eigenvalue weighted by Crippen LogP contribution is -2.20. The molecule has 0 atom stereocenters. The number of benzene rings is 1. The van der Waals surface area contributed by atoms with E-state index in [1.54, 1.807) is 6.07 Å². The highest BCUT2D eigenvalue weighted by atomic mass is 16.4. The van der Waals surface area contributed by atoms with E-state index < -0.39 is 11.4 Å². The van der Waals surface area contributed by atoms with Crippen LogP contribution in [0.2, 0.25) is 0 Å². The number of pyridine rings is 1. The summed E-state index contributed by atoms with van der Waals surface area (Å²) in [7, 11) is 0. The van der Waals surface area contributed by atoms with Crippen LogP contribution in [0.1, 0.15) is 55.6 Å². The minimum absolute atomic E-state index is 0.0797. The number of hydrogen-bond donors (Lipinski definition) is 1. The van der Waals surface area contributed by atoms with E-state index >= 15 is 0 Å². The van der Waals surface area contributed by atoms with Crippen LogP contribution in [0.3, 0.4) is 0 Å². The Bertz CT molecular complexity index is 726. The number of nitrogens with zero attached hydrogens (tertiary/aromatic N) is 1. The molecule has 0 unspecified atom stereocenters. The topological polar surface area (TPSA) is 59.3 Å². The van der Waals surface area contributed by atoms with Crippen LogP contribution in [-0.4, -0.2) is 15.6 Å². The molecule has 0 bridgehead atoms. The van der Waals surface area contributed by atoms with E-state index in [0.29, 0.717) is 5.39 Å². The molecule has 2 rings (SSSR count). The zero-order chi connectivity index (χ0) is 15.0. The van der Waals surface area contributed by atoms with Gasteiger partial charge in [0.25, 0.3) is 0 Å². The SMILES string of the molecule is CC(C)c1cccc2c(=O)c(C(=O)O)cn(C(C)C)c12. The van der Waals surface area contributed by atoms with Crippen molar-refractivity contribution >= 4 is 16.9 Å². The third kappa shape index (κ3) is 2.22. The van der Waals surface area contributed by atoms with Gasteiger partial charge in [-0.15, -0.1) is 0 Å². The number of carbonyl (C=O) groups is 1. The number of carboxylic acid groups (broad SMARTS) is 1. The van der Waals surface area contributed by atoms with E-state index in [2.05, 4.69) is 13.8 Å². The molecule has 4 nitrogen and oxygen atoms in total. The molecule has 1 aromatic carbocycles. The van der Waals surface area contributed by atoms with Gasteiger partial charge in [-0.2, -0.15) is 0 Å². The molecular weight excluding hydrogens is 254 g/mol. The van der Waals surface area contributed by atoms with Crippen molar-refractivity contribution in [2.45, 2.75) is 39.7 Å². The third-order valence-corrected chi connectivity index (χ3v) is 3.49. The van der Waals surface area contributed by atoms with Crippen molar-refractivity contribution in [3.8, 4) is 0 Å². The molecule has 0 radical (unpaired) electrons. The Morgan fingerprint density at radius 3 is 2.35 bits per heavy atom. The molecular formula is C16H19NO3. The van der Waals surface area contributed by atoms with Crippen LogP contribution in [0, 0.1) is 0 Å². The lowest BCUT2D eigenvalue weighted by molar-refractivity contribution is 0.0695. The molecule has 1 aromatic heterocycles. The highest BCUT2D eigenvalue weighted by Crippen LogP contribution is 2.26. The molecule has 0 aliphatic heterocycles. The van der Waals surface area contributed by atoms with Gasteiger partial charge in [-0.1, -0.05) is 26.0 Å². The Labute approximate surface area is 117 Å². The first-order valence-electron chi connectivity index (χ1n) is 6.75. The van der Waals surface area contributed by atoms with Gasteiger partial charge in [-0.05, 0) is 31.4 Å². The molecule has 4 heteroatoms. The molecule has 20 heavy (non-hydrogen) atoms. The highest BCUT2D eigenvalue weighted by Gasteiger charge is 2.18. The summed E-state index contributed by atoms with van der Waals surface area (Å²) in [4.78, 5) is 23.6. The van der Waals surface area contributed by atoms with Crippen LogP contribution in [-0.2, 0) is 0 Å². The summed E-state index contributed by atoms with van der Waals surface area (Å²) in [5.74, 6) is -0.917. The van der Waals surface area contributed by atoms with Crippen molar-refractivity contribution in [1.29, 1.82) is 0 Å². The summed E-state index contributed by atoms with van der Waals surface area (Å²) in [6.07, 6.45) is 1.46. The second-order valence-corrected chi connectivity index (χ2v) is 5.58. The van der Waals surface area contributed by atoms with Crippen molar-refractivity contribution in [3.63, 3.8) is 0 Å². The van der Waals surface area contributed by atoms with Gasteiger partial charge in [0.15, 0.2) is 0 Å². The fraction of sp³-hybridized carbons (Fsp3) is 0.375. The number of rotatable bonds is 3. The smallest absolute Gasteiger partial charge is 0.341 e. The first-order chi connectivity index (χ1) is 9.34. The highest BCUT2D eigenvalue weighted by molar-refractivity contribution is 5.93. The first-order valence-corrected chi connectivity index (χ1v) is 6.75. The quantitative estimate of drug-likeness (QED) is 0.932. The average Bonchev–Trinajstić information content (AvgIpc) is 2.37. The zero-order valence-electron chi connectivity index (χ0n) is 12.2. The van der Waals surface area contributed by atoms with E-state index in [1.807, 2.05) is 30.5 Å². The molecule has 0 aliphatic carbocycles. The molecule has 0 saturated carbocycles. The van der Waals surface area contributed by atoms with Crippen LogP contribution in [0.15, 0.2) is 29.2 Å². The fourth-order valence-corrected chi connectivity index (χ4v) is 2.47. The third-order valence-electron chi connectivity index (χ3n) is 3.49. The Morgan fingerprint density at radius 1 is 1.20 bits per heavy atom. The minimum atomic E-state index is -1.18. The van der Waals surface area contributed by atoms with E-state index in [0.717, 1.165) is 11.1 Å². The maximum atomic E-state index is 12.3.